The second-order valence-electron chi connectivity index (χ2n) is 8.35. The van der Waals surface area contributed by atoms with Crippen LogP contribution in [-0.2, 0) is 4.79 Å². The maximum atomic E-state index is 13.0. The van der Waals surface area contributed by atoms with Crippen LogP contribution in [0.3, 0.4) is 0 Å². The van der Waals surface area contributed by atoms with E-state index in [1.165, 1.54) is 0 Å². The lowest BCUT2D eigenvalue weighted by molar-refractivity contribution is -0.127. The summed E-state index contributed by atoms with van der Waals surface area (Å²) in [5, 5.41) is 0.930. The maximum absolute atomic E-state index is 13.0. The summed E-state index contributed by atoms with van der Waals surface area (Å²) >= 11 is 0. The van der Waals surface area contributed by atoms with E-state index in [0.29, 0.717) is 22.8 Å². The minimum Gasteiger partial charge on any atom is -0.496 e. The van der Waals surface area contributed by atoms with Crippen LogP contribution < -0.4 is 14.2 Å². The Morgan fingerprint density at radius 2 is 1.68 bits per heavy atom. The Morgan fingerprint density at radius 1 is 0.971 bits per heavy atom. The van der Waals surface area contributed by atoms with Crippen molar-refractivity contribution in [1.82, 2.24) is 9.80 Å². The van der Waals surface area contributed by atoms with Gasteiger partial charge in [0.15, 0.2) is 11.5 Å². The van der Waals surface area contributed by atoms with Crippen molar-refractivity contribution in [2.24, 2.45) is 0 Å². The third-order valence-corrected chi connectivity index (χ3v) is 6.49. The van der Waals surface area contributed by atoms with Crippen molar-refractivity contribution in [3.05, 3.63) is 48.2 Å². The second kappa shape index (κ2) is 10.2. The Morgan fingerprint density at radius 3 is 2.32 bits per heavy atom. The number of likely N-dealkylation sites (N-methyl/N-ethyl adjacent to an activating group) is 1. The molecule has 34 heavy (non-hydrogen) atoms. The Kier molecular flexibility index (Phi) is 7.12. The summed E-state index contributed by atoms with van der Waals surface area (Å²) < 4.78 is 22.3. The van der Waals surface area contributed by atoms with E-state index in [9.17, 15) is 4.79 Å². The second-order valence-corrected chi connectivity index (χ2v) is 8.35. The van der Waals surface area contributed by atoms with Crippen LogP contribution in [0.4, 0.5) is 0 Å². The zero-order chi connectivity index (χ0) is 24.2. The summed E-state index contributed by atoms with van der Waals surface area (Å²) in [5.74, 6) is 2.01. The van der Waals surface area contributed by atoms with Crippen molar-refractivity contribution in [3.8, 4) is 28.4 Å². The number of rotatable bonds is 7. The van der Waals surface area contributed by atoms with Crippen molar-refractivity contribution in [1.29, 1.82) is 0 Å². The highest BCUT2D eigenvalue weighted by atomic mass is 16.5. The molecule has 1 aliphatic rings. The van der Waals surface area contributed by atoms with Crippen molar-refractivity contribution in [3.63, 3.8) is 0 Å². The number of methoxy groups -OCH3 is 3. The van der Waals surface area contributed by atoms with E-state index in [-0.39, 0.29) is 5.91 Å². The van der Waals surface area contributed by atoms with E-state index in [2.05, 4.69) is 11.8 Å². The average molecular weight is 465 g/mol. The van der Waals surface area contributed by atoms with Gasteiger partial charge in [0.1, 0.15) is 11.3 Å². The summed E-state index contributed by atoms with van der Waals surface area (Å²) in [5.41, 5.74) is 4.29. The van der Waals surface area contributed by atoms with Crippen LogP contribution in [0, 0.1) is 0 Å². The first-order chi connectivity index (χ1) is 16.5. The van der Waals surface area contributed by atoms with E-state index in [4.69, 9.17) is 18.6 Å². The normalized spacial score (nSPS) is 15.0. The highest BCUT2D eigenvalue weighted by Crippen LogP contribution is 2.39. The molecule has 0 aliphatic carbocycles. The molecule has 0 spiro atoms. The first-order valence-corrected chi connectivity index (χ1v) is 11.5. The number of hydrogen-bond acceptors (Lipinski definition) is 6. The van der Waals surface area contributed by atoms with Gasteiger partial charge in [0.05, 0.1) is 27.6 Å². The number of carbonyl (C=O) groups is 1. The quantitative estimate of drug-likeness (QED) is 0.473. The van der Waals surface area contributed by atoms with Crippen LogP contribution >= 0.6 is 0 Å². The first-order valence-electron chi connectivity index (χ1n) is 11.5. The molecular weight excluding hydrogens is 432 g/mol. The summed E-state index contributed by atoms with van der Waals surface area (Å²) in [6.07, 6.45) is 3.44. The molecule has 180 valence electrons. The van der Waals surface area contributed by atoms with Gasteiger partial charge in [-0.3, -0.25) is 4.79 Å². The molecule has 1 fully saturated rings. The van der Waals surface area contributed by atoms with Gasteiger partial charge in [-0.25, -0.2) is 0 Å². The summed E-state index contributed by atoms with van der Waals surface area (Å²) in [6, 6.07) is 9.67. The number of hydrogen-bond donors (Lipinski definition) is 0. The SMILES string of the molecule is CCN1CCN(C(=O)/C=C(\C)c2cc3c(-c4ccc(OC)c(OC)c4)coc3cc2OC)CC1. The fourth-order valence-electron chi connectivity index (χ4n) is 4.40. The van der Waals surface area contributed by atoms with Gasteiger partial charge in [-0.2, -0.15) is 0 Å². The fourth-order valence-corrected chi connectivity index (χ4v) is 4.40. The molecule has 7 heteroatoms. The molecule has 0 unspecified atom stereocenters. The van der Waals surface area contributed by atoms with Crippen LogP contribution in [0.1, 0.15) is 19.4 Å². The molecule has 4 rings (SSSR count). The molecule has 0 N–H and O–H groups in total. The number of furan rings is 1. The number of piperazine rings is 1. The van der Waals surface area contributed by atoms with Crippen molar-refractivity contribution >= 4 is 22.4 Å². The number of benzene rings is 2. The van der Waals surface area contributed by atoms with E-state index in [0.717, 1.165) is 60.4 Å². The lowest BCUT2D eigenvalue weighted by Crippen LogP contribution is -2.48. The molecule has 1 saturated heterocycles. The highest BCUT2D eigenvalue weighted by Gasteiger charge is 2.20. The molecule has 2 heterocycles. The number of carbonyl (C=O) groups excluding carboxylic acids is 1. The lowest BCUT2D eigenvalue weighted by Gasteiger charge is -2.33. The highest BCUT2D eigenvalue weighted by molar-refractivity contribution is 6.00. The van der Waals surface area contributed by atoms with Gasteiger partial charge in [0.2, 0.25) is 5.91 Å². The molecule has 1 aromatic heterocycles. The van der Waals surface area contributed by atoms with Crippen molar-refractivity contribution in [2.45, 2.75) is 13.8 Å². The largest absolute Gasteiger partial charge is 0.496 e. The molecule has 7 nitrogen and oxygen atoms in total. The molecule has 0 atom stereocenters. The van der Waals surface area contributed by atoms with Gasteiger partial charge in [-0.05, 0) is 42.8 Å². The smallest absolute Gasteiger partial charge is 0.246 e. The predicted molar refractivity (Wildman–Crippen MR) is 134 cm³/mol. The average Bonchev–Trinajstić information content (AvgIpc) is 3.30. The van der Waals surface area contributed by atoms with Crippen LogP contribution in [0.5, 0.6) is 17.2 Å². The van der Waals surface area contributed by atoms with Gasteiger partial charge in [-0.15, -0.1) is 0 Å². The Labute approximate surface area is 200 Å². The van der Waals surface area contributed by atoms with E-state index in [1.807, 2.05) is 42.2 Å². The number of nitrogens with zero attached hydrogens (tertiary/aromatic N) is 2. The zero-order valence-electron chi connectivity index (χ0n) is 20.5. The van der Waals surface area contributed by atoms with Crippen molar-refractivity contribution < 1.29 is 23.4 Å². The maximum Gasteiger partial charge on any atom is 0.246 e. The molecular formula is C27H32N2O5. The van der Waals surface area contributed by atoms with E-state index in [1.54, 1.807) is 33.7 Å². The summed E-state index contributed by atoms with van der Waals surface area (Å²) in [6.45, 7) is 8.43. The van der Waals surface area contributed by atoms with Crippen molar-refractivity contribution in [2.75, 3.05) is 54.1 Å². The minimum absolute atomic E-state index is 0.0303. The third kappa shape index (κ3) is 4.61. The fraction of sp³-hybridized carbons (Fsp3) is 0.370. The molecule has 3 aromatic rings. The van der Waals surface area contributed by atoms with E-state index >= 15 is 0 Å². The molecule has 0 bridgehead atoms. The minimum atomic E-state index is 0.0303. The summed E-state index contributed by atoms with van der Waals surface area (Å²) in [7, 11) is 4.86. The third-order valence-electron chi connectivity index (χ3n) is 6.49. The van der Waals surface area contributed by atoms with Gasteiger partial charge < -0.3 is 28.4 Å². The standard InChI is InChI=1S/C27H32N2O5/c1-6-28-9-11-29(12-10-28)27(30)13-18(2)20-15-21-22(17-34-25(21)16-24(20)32-4)19-7-8-23(31-3)26(14-19)33-5/h7-8,13-17H,6,9-12H2,1-5H3/b18-13+. The number of amides is 1. The Bertz CT molecular complexity index is 1210. The first kappa shape index (κ1) is 23.7. The lowest BCUT2D eigenvalue weighted by atomic mass is 9.99. The predicted octanol–water partition coefficient (Wildman–Crippen LogP) is 4.69. The number of ether oxygens (including phenoxy) is 3. The molecule has 2 aromatic carbocycles. The van der Waals surface area contributed by atoms with E-state index < -0.39 is 0 Å². The number of fused-ring (bicyclic) bond motifs is 1. The van der Waals surface area contributed by atoms with Crippen LogP contribution in [0.2, 0.25) is 0 Å². The van der Waals surface area contributed by atoms with Gasteiger partial charge in [-0.1, -0.05) is 13.0 Å². The van der Waals surface area contributed by atoms with Crippen LogP contribution in [0.25, 0.3) is 27.7 Å². The van der Waals surface area contributed by atoms with Gasteiger partial charge in [0.25, 0.3) is 0 Å². The van der Waals surface area contributed by atoms with Gasteiger partial charge >= 0.3 is 0 Å². The molecule has 0 radical (unpaired) electrons. The monoisotopic (exact) mass is 464 g/mol. The number of allylic oxidation sites excluding steroid dienone is 1. The summed E-state index contributed by atoms with van der Waals surface area (Å²) in [4.78, 5) is 17.2. The molecule has 1 amide bonds. The zero-order valence-corrected chi connectivity index (χ0v) is 20.5. The Hall–Kier alpha value is -3.45. The van der Waals surface area contributed by atoms with Gasteiger partial charge in [0, 0.05) is 54.8 Å². The molecule has 1 aliphatic heterocycles. The Balaban J connectivity index is 1.69. The van der Waals surface area contributed by atoms with Crippen LogP contribution in [0.15, 0.2) is 47.1 Å². The molecule has 0 saturated carbocycles. The van der Waals surface area contributed by atoms with Crippen LogP contribution in [-0.4, -0.2) is 69.8 Å². The topological polar surface area (TPSA) is 64.4 Å².